The van der Waals surface area contributed by atoms with Gasteiger partial charge in [-0.05, 0) is 61.9 Å². The van der Waals surface area contributed by atoms with Crippen LogP contribution in [0, 0.1) is 11.8 Å². The molecular formula is C20H33NOSi. The van der Waals surface area contributed by atoms with Crippen LogP contribution in [0.15, 0.2) is 30.3 Å². The zero-order valence-corrected chi connectivity index (χ0v) is 16.7. The molecule has 1 saturated carbocycles. The van der Waals surface area contributed by atoms with Crippen LogP contribution in [-0.2, 0) is 4.43 Å². The lowest BCUT2D eigenvalue weighted by Gasteiger charge is -2.36. The summed E-state index contributed by atoms with van der Waals surface area (Å²) in [4.78, 5) is 2.65. The minimum atomic E-state index is -1.60. The quantitative estimate of drug-likeness (QED) is 0.678. The Hall–Kier alpha value is -0.803. The second kappa shape index (κ2) is 5.63. The van der Waals surface area contributed by atoms with E-state index in [4.69, 9.17) is 4.43 Å². The second-order valence-corrected chi connectivity index (χ2v) is 13.9. The molecule has 1 aliphatic carbocycles. The molecule has 0 radical (unpaired) electrons. The first-order chi connectivity index (χ1) is 10.7. The largest absolute Gasteiger partial charge is 0.417 e. The Morgan fingerprint density at radius 2 is 1.87 bits per heavy atom. The summed E-state index contributed by atoms with van der Waals surface area (Å²) in [6.07, 6.45) is 2.56. The lowest BCUT2D eigenvalue weighted by atomic mass is 10.1. The third kappa shape index (κ3) is 2.87. The van der Waals surface area contributed by atoms with E-state index >= 15 is 0 Å². The van der Waals surface area contributed by atoms with Gasteiger partial charge in [0.25, 0.3) is 0 Å². The summed E-state index contributed by atoms with van der Waals surface area (Å²) in [5.74, 6) is 1.67. The third-order valence-corrected chi connectivity index (χ3v) is 11.4. The standard InChI is InChI=1S/C20H33NOSi/c1-19(2,3)23(5,6)22-15-13-18-17-12-14-21(20(17,18)4)16-10-8-7-9-11-16/h7-11,17-18H,12-15H2,1-6H3/t17-,18+,20-/m0/s1. The molecule has 0 unspecified atom stereocenters. The van der Waals surface area contributed by atoms with Gasteiger partial charge in [-0.15, -0.1) is 0 Å². The number of fused-ring (bicyclic) bond motifs is 1. The Morgan fingerprint density at radius 1 is 1.22 bits per heavy atom. The lowest BCUT2D eigenvalue weighted by Crippen LogP contribution is -2.41. The van der Waals surface area contributed by atoms with Crippen LogP contribution in [-0.4, -0.2) is 27.0 Å². The van der Waals surface area contributed by atoms with Gasteiger partial charge < -0.3 is 9.33 Å². The summed E-state index contributed by atoms with van der Waals surface area (Å²) in [5.41, 5.74) is 1.77. The average Bonchev–Trinajstić information content (AvgIpc) is 2.87. The number of anilines is 1. The van der Waals surface area contributed by atoms with E-state index in [0.717, 1.165) is 18.4 Å². The molecular weight excluding hydrogens is 298 g/mol. The first-order valence-electron chi connectivity index (χ1n) is 9.14. The first kappa shape index (κ1) is 17.0. The smallest absolute Gasteiger partial charge is 0.191 e. The maximum absolute atomic E-state index is 6.42. The summed E-state index contributed by atoms with van der Waals surface area (Å²) in [7, 11) is -1.60. The third-order valence-electron chi connectivity index (χ3n) is 6.89. The van der Waals surface area contributed by atoms with Crippen molar-refractivity contribution in [2.24, 2.45) is 11.8 Å². The summed E-state index contributed by atoms with van der Waals surface area (Å²) in [6, 6.07) is 10.9. The van der Waals surface area contributed by atoms with Crippen molar-refractivity contribution in [3.05, 3.63) is 30.3 Å². The van der Waals surface area contributed by atoms with Crippen LogP contribution in [0.5, 0.6) is 0 Å². The fourth-order valence-corrected chi connectivity index (χ4v) is 5.31. The van der Waals surface area contributed by atoms with Gasteiger partial charge in [0.2, 0.25) is 0 Å². The van der Waals surface area contributed by atoms with Crippen LogP contribution in [0.1, 0.15) is 40.5 Å². The van der Waals surface area contributed by atoms with E-state index < -0.39 is 8.32 Å². The molecule has 3 rings (SSSR count). The van der Waals surface area contributed by atoms with E-state index in [1.54, 1.807) is 0 Å². The highest BCUT2D eigenvalue weighted by Crippen LogP contribution is 2.63. The minimum absolute atomic E-state index is 0.312. The predicted molar refractivity (Wildman–Crippen MR) is 102 cm³/mol. The molecule has 1 heterocycles. The Morgan fingerprint density at radius 3 is 2.48 bits per heavy atom. The van der Waals surface area contributed by atoms with E-state index in [0.29, 0.717) is 10.6 Å². The summed E-state index contributed by atoms with van der Waals surface area (Å²) in [6.45, 7) is 16.3. The highest BCUT2D eigenvalue weighted by Gasteiger charge is 2.67. The van der Waals surface area contributed by atoms with E-state index in [1.807, 2.05) is 0 Å². The lowest BCUT2D eigenvalue weighted by molar-refractivity contribution is 0.267. The Labute approximate surface area is 143 Å². The van der Waals surface area contributed by atoms with Gasteiger partial charge in [0.05, 0.1) is 0 Å². The number of nitrogens with zero attached hydrogens (tertiary/aromatic N) is 1. The molecule has 3 heteroatoms. The van der Waals surface area contributed by atoms with E-state index in [-0.39, 0.29) is 0 Å². The van der Waals surface area contributed by atoms with E-state index in [2.05, 4.69) is 76.0 Å². The van der Waals surface area contributed by atoms with E-state index in [9.17, 15) is 0 Å². The summed E-state index contributed by atoms with van der Waals surface area (Å²) in [5, 5.41) is 0.312. The molecule has 0 amide bonds. The fourth-order valence-electron chi connectivity index (χ4n) is 4.25. The molecule has 0 N–H and O–H groups in total. The Balaban J connectivity index is 1.58. The number of para-hydroxylation sites is 1. The predicted octanol–water partition coefficient (Wildman–Crippen LogP) is 5.31. The molecule has 1 saturated heterocycles. The molecule has 2 nitrogen and oxygen atoms in total. The number of benzene rings is 1. The normalized spacial score (nSPS) is 30.4. The monoisotopic (exact) mass is 331 g/mol. The molecule has 1 aliphatic heterocycles. The summed E-state index contributed by atoms with van der Waals surface area (Å²) < 4.78 is 6.42. The Kier molecular flexibility index (Phi) is 4.17. The highest BCUT2D eigenvalue weighted by atomic mass is 28.4. The molecule has 1 aromatic rings. The molecule has 2 fully saturated rings. The topological polar surface area (TPSA) is 12.5 Å². The van der Waals surface area contributed by atoms with Crippen molar-refractivity contribution in [1.82, 2.24) is 0 Å². The minimum Gasteiger partial charge on any atom is -0.417 e. The van der Waals surface area contributed by atoms with Gasteiger partial charge >= 0.3 is 0 Å². The van der Waals surface area contributed by atoms with Crippen molar-refractivity contribution in [1.29, 1.82) is 0 Å². The zero-order chi connectivity index (χ0) is 16.9. The van der Waals surface area contributed by atoms with Gasteiger partial charge in [-0.1, -0.05) is 39.0 Å². The van der Waals surface area contributed by atoms with Crippen molar-refractivity contribution < 1.29 is 4.43 Å². The zero-order valence-electron chi connectivity index (χ0n) is 15.7. The average molecular weight is 332 g/mol. The van der Waals surface area contributed by atoms with Crippen LogP contribution in [0.4, 0.5) is 5.69 Å². The molecule has 0 aromatic heterocycles. The van der Waals surface area contributed by atoms with Crippen LogP contribution in [0.3, 0.4) is 0 Å². The molecule has 1 aromatic carbocycles. The fraction of sp³-hybridized carbons (Fsp3) is 0.700. The van der Waals surface area contributed by atoms with Crippen LogP contribution in [0.25, 0.3) is 0 Å². The summed E-state index contributed by atoms with van der Waals surface area (Å²) >= 11 is 0. The molecule has 0 spiro atoms. The van der Waals surface area contributed by atoms with E-state index in [1.165, 1.54) is 25.1 Å². The molecule has 23 heavy (non-hydrogen) atoms. The SMILES string of the molecule is CC(C)(C)[Si](C)(C)OCC[C@@H]1[C@@H]2CCN(c3ccccc3)[C@]12C. The molecule has 3 atom stereocenters. The molecule has 0 bridgehead atoms. The van der Waals surface area contributed by atoms with Gasteiger partial charge in [-0.25, -0.2) is 0 Å². The maximum Gasteiger partial charge on any atom is 0.191 e. The number of rotatable bonds is 5. The van der Waals surface area contributed by atoms with Crippen molar-refractivity contribution in [2.75, 3.05) is 18.1 Å². The Bertz CT molecular complexity index is 551. The van der Waals surface area contributed by atoms with Crippen molar-refractivity contribution in [3.8, 4) is 0 Å². The van der Waals surface area contributed by atoms with Gasteiger partial charge in [-0.2, -0.15) is 0 Å². The second-order valence-electron chi connectivity index (χ2n) is 9.11. The number of hydrogen-bond donors (Lipinski definition) is 0. The first-order valence-corrected chi connectivity index (χ1v) is 12.1. The van der Waals surface area contributed by atoms with Gasteiger partial charge in [0.15, 0.2) is 8.32 Å². The highest BCUT2D eigenvalue weighted by molar-refractivity contribution is 6.74. The molecule has 128 valence electrons. The van der Waals surface area contributed by atoms with Crippen molar-refractivity contribution in [2.45, 2.75) is 64.2 Å². The maximum atomic E-state index is 6.42. The number of piperidine rings is 1. The van der Waals surface area contributed by atoms with Gasteiger partial charge in [0, 0.05) is 24.4 Å². The number of hydrogen-bond acceptors (Lipinski definition) is 2. The van der Waals surface area contributed by atoms with Crippen molar-refractivity contribution in [3.63, 3.8) is 0 Å². The van der Waals surface area contributed by atoms with Gasteiger partial charge in [-0.3, -0.25) is 0 Å². The van der Waals surface area contributed by atoms with Crippen LogP contribution in [0.2, 0.25) is 18.1 Å². The van der Waals surface area contributed by atoms with Crippen LogP contribution < -0.4 is 4.90 Å². The van der Waals surface area contributed by atoms with Crippen LogP contribution >= 0.6 is 0 Å². The van der Waals surface area contributed by atoms with Gasteiger partial charge in [0.1, 0.15) is 0 Å². The van der Waals surface area contributed by atoms with Crippen molar-refractivity contribution >= 4 is 14.0 Å². The molecule has 2 aliphatic rings.